The third kappa shape index (κ3) is 5.13. The Hall–Kier alpha value is -0.730. The van der Waals surface area contributed by atoms with E-state index in [9.17, 15) is 13.2 Å². The summed E-state index contributed by atoms with van der Waals surface area (Å²) < 4.78 is 27.3. The van der Waals surface area contributed by atoms with Crippen LogP contribution in [0.4, 0.5) is 5.69 Å². The first-order valence-electron chi connectivity index (χ1n) is 8.50. The molecular formula is C18H15Cl5N2O3S. The van der Waals surface area contributed by atoms with Gasteiger partial charge in [-0.05, 0) is 43.2 Å². The molecule has 2 aromatic rings. The fourth-order valence-corrected chi connectivity index (χ4v) is 5.90. The van der Waals surface area contributed by atoms with Crippen molar-refractivity contribution < 1.29 is 13.2 Å². The average Bonchev–Trinajstić information content (AvgIpc) is 2.68. The van der Waals surface area contributed by atoms with Crippen molar-refractivity contribution >= 4 is 79.6 Å². The van der Waals surface area contributed by atoms with Crippen LogP contribution < -0.4 is 5.32 Å². The van der Waals surface area contributed by atoms with Gasteiger partial charge in [0.25, 0.3) is 0 Å². The van der Waals surface area contributed by atoms with E-state index in [1.807, 2.05) is 0 Å². The van der Waals surface area contributed by atoms with Gasteiger partial charge in [-0.25, -0.2) is 8.42 Å². The summed E-state index contributed by atoms with van der Waals surface area (Å²) in [5.41, 5.74) is 0.309. The first-order valence-corrected chi connectivity index (χ1v) is 11.8. The molecule has 0 aliphatic carbocycles. The fraction of sp³-hybridized carbons (Fsp3) is 0.278. The molecule has 0 aromatic heterocycles. The van der Waals surface area contributed by atoms with Crippen LogP contribution in [0.15, 0.2) is 35.2 Å². The Morgan fingerprint density at radius 2 is 1.66 bits per heavy atom. The molecule has 0 spiro atoms. The van der Waals surface area contributed by atoms with E-state index in [1.165, 1.54) is 34.6 Å². The first kappa shape index (κ1) is 22.9. The second-order valence-corrected chi connectivity index (χ2v) is 10.5. The lowest BCUT2D eigenvalue weighted by atomic mass is 9.98. The molecule has 1 N–H and O–H groups in total. The maximum Gasteiger partial charge on any atom is 0.244 e. The Labute approximate surface area is 193 Å². The molecule has 5 nitrogen and oxygen atoms in total. The van der Waals surface area contributed by atoms with Crippen molar-refractivity contribution in [3.05, 3.63) is 55.4 Å². The zero-order chi connectivity index (χ0) is 21.3. The topological polar surface area (TPSA) is 66.5 Å². The van der Waals surface area contributed by atoms with E-state index in [4.69, 9.17) is 58.0 Å². The first-order chi connectivity index (χ1) is 13.6. The van der Waals surface area contributed by atoms with E-state index in [2.05, 4.69) is 5.32 Å². The molecule has 156 valence electrons. The zero-order valence-electron chi connectivity index (χ0n) is 14.8. The van der Waals surface area contributed by atoms with Crippen LogP contribution in [0.5, 0.6) is 0 Å². The van der Waals surface area contributed by atoms with Crippen LogP contribution in [0.1, 0.15) is 12.8 Å². The molecule has 1 atom stereocenters. The molecule has 1 saturated heterocycles. The lowest BCUT2D eigenvalue weighted by Gasteiger charge is -2.31. The van der Waals surface area contributed by atoms with Crippen LogP contribution in [0.25, 0.3) is 0 Å². The van der Waals surface area contributed by atoms with Gasteiger partial charge in [0.1, 0.15) is 4.90 Å². The van der Waals surface area contributed by atoms with Gasteiger partial charge in [-0.2, -0.15) is 4.31 Å². The van der Waals surface area contributed by atoms with Gasteiger partial charge in [0.15, 0.2) is 0 Å². The van der Waals surface area contributed by atoms with Crippen LogP contribution >= 0.6 is 58.0 Å². The summed E-state index contributed by atoms with van der Waals surface area (Å²) in [5, 5.41) is 3.78. The highest BCUT2D eigenvalue weighted by atomic mass is 35.5. The average molecular weight is 517 g/mol. The number of anilines is 1. The van der Waals surface area contributed by atoms with Crippen LogP contribution in [-0.4, -0.2) is 31.7 Å². The van der Waals surface area contributed by atoms with Crippen molar-refractivity contribution in [2.24, 2.45) is 5.92 Å². The van der Waals surface area contributed by atoms with Crippen molar-refractivity contribution in [3.8, 4) is 0 Å². The summed E-state index contributed by atoms with van der Waals surface area (Å²) in [5.74, 6) is -0.926. The molecule has 1 heterocycles. The lowest BCUT2D eigenvalue weighted by Crippen LogP contribution is -2.43. The van der Waals surface area contributed by atoms with Crippen molar-refractivity contribution in [1.29, 1.82) is 0 Å². The molecule has 0 bridgehead atoms. The Morgan fingerprint density at radius 3 is 2.38 bits per heavy atom. The van der Waals surface area contributed by atoms with Crippen molar-refractivity contribution in [1.82, 2.24) is 4.31 Å². The van der Waals surface area contributed by atoms with Gasteiger partial charge in [0, 0.05) is 18.1 Å². The molecule has 1 aliphatic rings. The molecule has 0 unspecified atom stereocenters. The summed E-state index contributed by atoms with van der Waals surface area (Å²) in [7, 11) is -3.90. The quantitative estimate of drug-likeness (QED) is 0.508. The van der Waals surface area contributed by atoms with Gasteiger partial charge in [-0.3, -0.25) is 4.79 Å². The normalized spacial score (nSPS) is 17.9. The van der Waals surface area contributed by atoms with Gasteiger partial charge in [-0.15, -0.1) is 0 Å². The van der Waals surface area contributed by atoms with Crippen molar-refractivity contribution in [3.63, 3.8) is 0 Å². The number of carbonyl (C=O) groups is 1. The number of halogens is 5. The smallest absolute Gasteiger partial charge is 0.244 e. The molecule has 1 aliphatic heterocycles. The fourth-order valence-electron chi connectivity index (χ4n) is 3.04. The molecule has 3 rings (SSSR count). The van der Waals surface area contributed by atoms with Gasteiger partial charge in [0.05, 0.1) is 31.7 Å². The number of amides is 1. The van der Waals surface area contributed by atoms with Crippen molar-refractivity contribution in [2.45, 2.75) is 17.7 Å². The Bertz CT molecular complexity index is 1060. The highest BCUT2D eigenvalue weighted by Gasteiger charge is 2.34. The van der Waals surface area contributed by atoms with E-state index in [0.717, 1.165) is 0 Å². The number of nitrogens with zero attached hydrogens (tertiary/aromatic N) is 1. The molecule has 1 fully saturated rings. The number of rotatable bonds is 4. The number of sulfonamides is 1. The SMILES string of the molecule is O=C(Nc1cc(Cl)c(Cl)cc1Cl)[C@@H]1CCCN(S(=O)(=O)c2cc(Cl)ccc2Cl)C1. The highest BCUT2D eigenvalue weighted by molar-refractivity contribution is 7.89. The maximum absolute atomic E-state index is 13.0. The molecule has 29 heavy (non-hydrogen) atoms. The van der Waals surface area contributed by atoms with Crippen LogP contribution in [0.3, 0.4) is 0 Å². The minimum absolute atomic E-state index is 0.00987. The van der Waals surface area contributed by atoms with E-state index >= 15 is 0 Å². The minimum Gasteiger partial charge on any atom is -0.324 e. The van der Waals surface area contributed by atoms with Gasteiger partial charge in [0.2, 0.25) is 15.9 Å². The number of piperidine rings is 1. The van der Waals surface area contributed by atoms with Crippen LogP contribution in [0.2, 0.25) is 25.1 Å². The summed E-state index contributed by atoms with van der Waals surface area (Å²) in [6.45, 7) is 0.290. The Kier molecular flexibility index (Phi) is 7.27. The van der Waals surface area contributed by atoms with E-state index in [0.29, 0.717) is 18.5 Å². The monoisotopic (exact) mass is 514 g/mol. The van der Waals surface area contributed by atoms with Crippen molar-refractivity contribution in [2.75, 3.05) is 18.4 Å². The van der Waals surface area contributed by atoms with E-state index < -0.39 is 15.9 Å². The van der Waals surface area contributed by atoms with Gasteiger partial charge >= 0.3 is 0 Å². The number of hydrogen-bond donors (Lipinski definition) is 1. The van der Waals surface area contributed by atoms with E-state index in [-0.39, 0.29) is 49.0 Å². The van der Waals surface area contributed by atoms with Gasteiger partial charge in [-0.1, -0.05) is 58.0 Å². The van der Waals surface area contributed by atoms with Crippen LogP contribution in [0, 0.1) is 5.92 Å². The Balaban J connectivity index is 1.79. The standard InChI is InChI=1S/C18H15Cl5N2O3S/c19-11-3-4-12(20)17(6-11)29(27,28)25-5-1-2-10(9-25)18(26)24-16-8-14(22)13(21)7-15(16)23/h3-4,6-8,10H,1-2,5,9H2,(H,24,26)/t10-/m1/s1. The molecular weight excluding hydrogens is 502 g/mol. The summed E-state index contributed by atoms with van der Waals surface area (Å²) in [6.07, 6.45) is 1.05. The third-order valence-electron chi connectivity index (χ3n) is 4.53. The number of hydrogen-bond acceptors (Lipinski definition) is 3. The van der Waals surface area contributed by atoms with E-state index in [1.54, 1.807) is 0 Å². The number of carbonyl (C=O) groups excluding carboxylic acids is 1. The molecule has 0 saturated carbocycles. The van der Waals surface area contributed by atoms with Gasteiger partial charge < -0.3 is 5.32 Å². The second-order valence-electron chi connectivity index (χ2n) is 6.51. The predicted molar refractivity (Wildman–Crippen MR) is 118 cm³/mol. The second kappa shape index (κ2) is 9.18. The number of benzene rings is 2. The largest absolute Gasteiger partial charge is 0.324 e. The molecule has 11 heteroatoms. The maximum atomic E-state index is 13.0. The van der Waals surface area contributed by atoms with Crippen LogP contribution in [-0.2, 0) is 14.8 Å². The molecule has 1 amide bonds. The summed E-state index contributed by atoms with van der Waals surface area (Å²) >= 11 is 30.0. The predicted octanol–water partition coefficient (Wildman–Crippen LogP) is 5.99. The third-order valence-corrected chi connectivity index (χ3v) is 8.15. The summed E-state index contributed by atoms with van der Waals surface area (Å²) in [4.78, 5) is 12.6. The molecule has 0 radical (unpaired) electrons. The number of nitrogens with one attached hydrogen (secondary N) is 1. The highest BCUT2D eigenvalue weighted by Crippen LogP contribution is 2.34. The minimum atomic E-state index is -3.90. The Morgan fingerprint density at radius 1 is 0.966 bits per heavy atom. The molecule has 2 aromatic carbocycles. The lowest BCUT2D eigenvalue weighted by molar-refractivity contribution is -0.120. The summed E-state index contributed by atoms with van der Waals surface area (Å²) in [6, 6.07) is 7.12. The zero-order valence-corrected chi connectivity index (χ0v) is 19.4.